The summed E-state index contributed by atoms with van der Waals surface area (Å²) < 4.78 is 74.6. The Morgan fingerprint density at radius 2 is 2.04 bits per heavy atom. The van der Waals surface area contributed by atoms with Gasteiger partial charge in [0.2, 0.25) is 10.4 Å². The van der Waals surface area contributed by atoms with Crippen LogP contribution in [0.2, 0.25) is 0 Å². The van der Waals surface area contributed by atoms with Crippen LogP contribution in [0.4, 0.5) is 18.0 Å². The second-order valence-corrected chi connectivity index (χ2v) is 5.83. The average Bonchev–Trinajstić information content (AvgIpc) is 2.98. The summed E-state index contributed by atoms with van der Waals surface area (Å²) in [6.45, 7) is -0.0572. The maximum atomic E-state index is 12.6. The Kier molecular flexibility index (Phi) is 5.05. The number of alkyl halides is 3. The van der Waals surface area contributed by atoms with E-state index >= 15 is 0 Å². The fraction of sp³-hybridized carbons (Fsp3) is 0.400. The average molecular weight is 376 g/mol. The van der Waals surface area contributed by atoms with Gasteiger partial charge in [0, 0.05) is 12.7 Å². The van der Waals surface area contributed by atoms with Crippen molar-refractivity contribution in [1.29, 1.82) is 0 Å². The molecule has 1 atom stereocenters. The normalized spacial score (nSPS) is 20.9. The van der Waals surface area contributed by atoms with E-state index in [1.807, 2.05) is 0 Å². The topological polar surface area (TPSA) is 108 Å². The van der Waals surface area contributed by atoms with Crippen LogP contribution in [0.5, 0.6) is 0 Å². The van der Waals surface area contributed by atoms with E-state index in [-0.39, 0.29) is 48.3 Å². The number of hydrogen-bond acceptors (Lipinski definition) is 6. The monoisotopic (exact) mass is 376 g/mol. The van der Waals surface area contributed by atoms with Crippen molar-refractivity contribution in [2.24, 2.45) is 0 Å². The maximum absolute atomic E-state index is 12.6. The van der Waals surface area contributed by atoms with E-state index in [9.17, 15) is 30.9 Å². The van der Waals surface area contributed by atoms with E-state index < -0.39 is 34.2 Å². The summed E-state index contributed by atoms with van der Waals surface area (Å²) in [7, 11) is -5.15. The molecule has 2 amide bonds. The van der Waals surface area contributed by atoms with Crippen molar-refractivity contribution in [1.82, 2.24) is 19.7 Å². The van der Waals surface area contributed by atoms with Crippen molar-refractivity contribution >= 4 is 22.1 Å². The van der Waals surface area contributed by atoms with E-state index in [0.29, 0.717) is 11.3 Å². The Morgan fingerprint density at radius 1 is 1.38 bits per heavy atom. The molecule has 126 valence electrons. The van der Waals surface area contributed by atoms with Gasteiger partial charge in [-0.2, -0.15) is 27.6 Å². The molecule has 24 heavy (non-hydrogen) atoms. The van der Waals surface area contributed by atoms with Gasteiger partial charge in [-0.15, -0.1) is 0 Å². The molecule has 2 bridgehead atoms. The van der Waals surface area contributed by atoms with Crippen LogP contribution in [0.1, 0.15) is 5.56 Å². The first-order valence-electron chi connectivity index (χ1n) is 6.11. The number of carbonyl (C=O) groups is 1. The second kappa shape index (κ2) is 6.31. The summed E-state index contributed by atoms with van der Waals surface area (Å²) in [5.41, 5.74) is -0.743. The quantitative estimate of drug-likeness (QED) is 0.322. The molecule has 3 rings (SSSR count). The van der Waals surface area contributed by atoms with E-state index in [1.165, 1.54) is 6.08 Å². The third-order valence-electron chi connectivity index (χ3n) is 3.28. The van der Waals surface area contributed by atoms with Gasteiger partial charge in [-0.05, 0) is 6.08 Å². The summed E-state index contributed by atoms with van der Waals surface area (Å²) >= 11 is 0. The summed E-state index contributed by atoms with van der Waals surface area (Å²) in [6, 6.07) is -1.79. The van der Waals surface area contributed by atoms with Crippen molar-refractivity contribution in [2.45, 2.75) is 12.2 Å². The minimum absolute atomic E-state index is 0. The Labute approximate surface area is 155 Å². The summed E-state index contributed by atoms with van der Waals surface area (Å²) in [5, 5.41) is 3.96. The molecule has 2 aliphatic heterocycles. The largest absolute Gasteiger partial charge is 1.00 e. The number of aromatic nitrogens is 2. The smallest absolute Gasteiger partial charge is 0.724 e. The van der Waals surface area contributed by atoms with Crippen LogP contribution in [0, 0.1) is 0 Å². The number of urea groups is 1. The molecule has 9 nitrogen and oxygen atoms in total. The number of hydroxylamine groups is 2. The van der Waals surface area contributed by atoms with Crippen molar-refractivity contribution in [3.8, 4) is 0 Å². The SMILES string of the molecule is O=C1N2CC(n3cc(C(F)(F)F)cn3)=CC(C2)N1OS(=O)(=O)[O-].[Na+]. The van der Waals surface area contributed by atoms with Crippen LogP contribution < -0.4 is 29.6 Å². The van der Waals surface area contributed by atoms with Crippen LogP contribution in [-0.2, 0) is 20.9 Å². The van der Waals surface area contributed by atoms with Gasteiger partial charge in [0.15, 0.2) is 0 Å². The molecule has 1 unspecified atom stereocenters. The number of carbonyl (C=O) groups excluding carboxylic acids is 1. The van der Waals surface area contributed by atoms with Gasteiger partial charge in [-0.25, -0.2) is 17.9 Å². The number of fused-ring (bicyclic) bond motifs is 2. The van der Waals surface area contributed by atoms with Crippen molar-refractivity contribution in [3.63, 3.8) is 0 Å². The molecule has 3 heterocycles. The minimum Gasteiger partial charge on any atom is -0.724 e. The van der Waals surface area contributed by atoms with Gasteiger partial charge >= 0.3 is 41.8 Å². The first kappa shape index (κ1) is 19.2. The van der Waals surface area contributed by atoms with Gasteiger partial charge < -0.3 is 9.45 Å². The summed E-state index contributed by atoms with van der Waals surface area (Å²) in [5.74, 6) is 0. The van der Waals surface area contributed by atoms with Crippen LogP contribution >= 0.6 is 0 Å². The van der Waals surface area contributed by atoms with E-state index in [1.54, 1.807) is 0 Å². The zero-order valence-corrected chi connectivity index (χ0v) is 14.9. The molecule has 1 aromatic rings. The van der Waals surface area contributed by atoms with Gasteiger partial charge in [0.1, 0.15) is 6.04 Å². The van der Waals surface area contributed by atoms with Crippen molar-refractivity contribution < 1.29 is 64.8 Å². The number of amides is 2. The van der Waals surface area contributed by atoms with Crippen molar-refractivity contribution in [3.05, 3.63) is 24.0 Å². The molecule has 1 fully saturated rings. The second-order valence-electron chi connectivity index (χ2n) is 4.87. The van der Waals surface area contributed by atoms with Crippen LogP contribution in [0.15, 0.2) is 18.5 Å². The molecule has 0 N–H and O–H groups in total. The Hall–Kier alpha value is -1.12. The first-order chi connectivity index (χ1) is 10.5. The minimum atomic E-state index is -5.15. The number of rotatable bonds is 3. The number of halogens is 3. The molecule has 1 aromatic heterocycles. The van der Waals surface area contributed by atoms with E-state index in [0.717, 1.165) is 15.8 Å². The standard InChI is InChI=1S/C10H9F3N4O5S.Na/c11-10(12,13)6-2-14-16(3-6)7-1-8-5-15(4-7)9(18)17(8)22-23(19,20)21;/h1-3,8H,4-5H2,(H,19,20,21);/q;+1/p-1. The van der Waals surface area contributed by atoms with Gasteiger partial charge in [0.05, 0.1) is 24.0 Å². The Bertz CT molecular complexity index is 793. The fourth-order valence-corrected chi connectivity index (χ4v) is 2.71. The van der Waals surface area contributed by atoms with Crippen LogP contribution in [-0.4, -0.2) is 57.9 Å². The van der Waals surface area contributed by atoms with E-state index in [4.69, 9.17) is 0 Å². The molecule has 0 spiro atoms. The molecule has 2 aliphatic rings. The van der Waals surface area contributed by atoms with Crippen LogP contribution in [0.3, 0.4) is 0 Å². The molecule has 14 heteroatoms. The van der Waals surface area contributed by atoms with E-state index in [2.05, 4.69) is 9.38 Å². The molecule has 0 radical (unpaired) electrons. The molecule has 0 aromatic carbocycles. The third kappa shape index (κ3) is 3.75. The van der Waals surface area contributed by atoms with Gasteiger partial charge in [0.25, 0.3) is 0 Å². The molecule has 0 saturated carbocycles. The zero-order chi connectivity index (χ0) is 17.0. The summed E-state index contributed by atoms with van der Waals surface area (Å²) in [6.07, 6.45) is -1.86. The maximum Gasteiger partial charge on any atom is 1.00 e. The Morgan fingerprint density at radius 3 is 2.58 bits per heavy atom. The fourth-order valence-electron chi connectivity index (χ4n) is 2.34. The number of nitrogens with zero attached hydrogens (tertiary/aromatic N) is 4. The predicted molar refractivity (Wildman–Crippen MR) is 64.9 cm³/mol. The van der Waals surface area contributed by atoms with Gasteiger partial charge in [-0.1, -0.05) is 0 Å². The number of hydrogen-bond donors (Lipinski definition) is 0. The zero-order valence-electron chi connectivity index (χ0n) is 12.1. The summed E-state index contributed by atoms with van der Waals surface area (Å²) in [4.78, 5) is 13.0. The predicted octanol–water partition coefficient (Wildman–Crippen LogP) is -2.74. The molecule has 0 aliphatic carbocycles. The van der Waals surface area contributed by atoms with Crippen molar-refractivity contribution in [2.75, 3.05) is 13.1 Å². The Balaban J connectivity index is 0.00000208. The molecular formula is C10H8F3N4NaO5S. The molecule has 1 saturated heterocycles. The van der Waals surface area contributed by atoms with Gasteiger partial charge in [-0.3, -0.25) is 0 Å². The van der Waals surface area contributed by atoms with Crippen LogP contribution in [0.25, 0.3) is 5.70 Å². The third-order valence-corrected chi connectivity index (χ3v) is 3.62. The first-order valence-corrected chi connectivity index (χ1v) is 7.44. The molecular weight excluding hydrogens is 368 g/mol.